The van der Waals surface area contributed by atoms with Crippen LogP contribution in [0.15, 0.2) is 41.0 Å². The van der Waals surface area contributed by atoms with Crippen LogP contribution in [0.3, 0.4) is 0 Å². The van der Waals surface area contributed by atoms with Crippen molar-refractivity contribution >= 4 is 44.9 Å². The molecule has 0 spiro atoms. The first kappa shape index (κ1) is 14.8. The molecule has 0 saturated heterocycles. The molecule has 1 heterocycles. The fourth-order valence-electron chi connectivity index (χ4n) is 1.68. The second-order valence-corrected chi connectivity index (χ2v) is 5.30. The number of pyridine rings is 1. The van der Waals surface area contributed by atoms with E-state index in [1.165, 1.54) is 0 Å². The van der Waals surface area contributed by atoms with Crippen molar-refractivity contribution in [3.8, 4) is 0 Å². The number of hydrogen-bond acceptors (Lipinski definition) is 3. The number of aromatic nitrogens is 1. The van der Waals surface area contributed by atoms with Crippen molar-refractivity contribution in [1.82, 2.24) is 4.98 Å². The van der Waals surface area contributed by atoms with Gasteiger partial charge in [0.05, 0.1) is 11.3 Å². The molecule has 4 nitrogen and oxygen atoms in total. The van der Waals surface area contributed by atoms with Gasteiger partial charge in [-0.15, -0.1) is 0 Å². The van der Waals surface area contributed by atoms with E-state index < -0.39 is 0 Å². The average molecular weight is 355 g/mol. The van der Waals surface area contributed by atoms with Gasteiger partial charge in [0.15, 0.2) is 0 Å². The maximum absolute atomic E-state index is 12.3. The Labute approximate surface area is 130 Å². The van der Waals surface area contributed by atoms with Gasteiger partial charge < -0.3 is 10.6 Å². The van der Waals surface area contributed by atoms with E-state index in [1.807, 2.05) is 6.92 Å². The summed E-state index contributed by atoms with van der Waals surface area (Å²) in [5, 5.41) is 6.49. The first-order chi connectivity index (χ1) is 9.61. The number of anilines is 2. The van der Waals surface area contributed by atoms with Crippen molar-refractivity contribution in [2.75, 3.05) is 17.2 Å². The number of halogens is 2. The molecule has 0 aliphatic carbocycles. The first-order valence-electron chi connectivity index (χ1n) is 6.07. The minimum atomic E-state index is -0.225. The fraction of sp³-hybridized carbons (Fsp3) is 0.143. The lowest BCUT2D eigenvalue weighted by molar-refractivity contribution is 0.102. The Morgan fingerprint density at radius 2 is 2.20 bits per heavy atom. The number of carbonyl (C=O) groups is 1. The molecule has 0 fully saturated rings. The summed E-state index contributed by atoms with van der Waals surface area (Å²) < 4.78 is 0.729. The van der Waals surface area contributed by atoms with E-state index in [0.717, 1.165) is 4.47 Å². The van der Waals surface area contributed by atoms with Gasteiger partial charge in [0.2, 0.25) is 0 Å². The van der Waals surface area contributed by atoms with E-state index in [1.54, 1.807) is 36.5 Å². The molecule has 0 unspecified atom stereocenters. The fourth-order valence-corrected chi connectivity index (χ4v) is 2.46. The molecule has 6 heteroatoms. The van der Waals surface area contributed by atoms with Crippen LogP contribution in [-0.2, 0) is 0 Å². The van der Waals surface area contributed by atoms with Gasteiger partial charge >= 0.3 is 0 Å². The molecule has 0 bridgehead atoms. The van der Waals surface area contributed by atoms with Gasteiger partial charge in [-0.3, -0.25) is 4.79 Å². The maximum Gasteiger partial charge on any atom is 0.259 e. The van der Waals surface area contributed by atoms with Gasteiger partial charge in [0.25, 0.3) is 5.91 Å². The van der Waals surface area contributed by atoms with Crippen LogP contribution < -0.4 is 10.6 Å². The van der Waals surface area contributed by atoms with Crippen LogP contribution in [0.25, 0.3) is 0 Å². The highest BCUT2D eigenvalue weighted by Crippen LogP contribution is 2.26. The Kier molecular flexibility index (Phi) is 4.98. The topological polar surface area (TPSA) is 54.0 Å². The van der Waals surface area contributed by atoms with Crippen LogP contribution in [0.4, 0.5) is 11.5 Å². The molecule has 2 rings (SSSR count). The number of hydrogen-bond donors (Lipinski definition) is 2. The summed E-state index contributed by atoms with van der Waals surface area (Å²) in [7, 11) is 0. The molecule has 1 aromatic heterocycles. The van der Waals surface area contributed by atoms with Gasteiger partial charge in [0.1, 0.15) is 5.82 Å². The summed E-state index contributed by atoms with van der Waals surface area (Å²) in [6, 6.07) is 8.65. The molecule has 2 aromatic rings. The van der Waals surface area contributed by atoms with Crippen LogP contribution >= 0.6 is 27.5 Å². The molecule has 1 aromatic carbocycles. The van der Waals surface area contributed by atoms with E-state index in [4.69, 9.17) is 11.6 Å². The van der Waals surface area contributed by atoms with Crippen LogP contribution in [0.2, 0.25) is 5.02 Å². The molecule has 0 saturated carbocycles. The second kappa shape index (κ2) is 6.72. The molecule has 20 heavy (non-hydrogen) atoms. The normalized spacial score (nSPS) is 10.2. The molecule has 0 atom stereocenters. The van der Waals surface area contributed by atoms with Crippen molar-refractivity contribution in [2.24, 2.45) is 0 Å². The third-order valence-corrected chi connectivity index (χ3v) is 3.47. The van der Waals surface area contributed by atoms with E-state index >= 15 is 0 Å². The quantitative estimate of drug-likeness (QED) is 0.866. The molecule has 0 aliphatic rings. The zero-order valence-electron chi connectivity index (χ0n) is 10.8. The van der Waals surface area contributed by atoms with Crippen LogP contribution in [0.1, 0.15) is 17.3 Å². The number of rotatable bonds is 4. The zero-order valence-corrected chi connectivity index (χ0v) is 13.1. The van der Waals surface area contributed by atoms with E-state index in [2.05, 4.69) is 31.5 Å². The molecule has 104 valence electrons. The lowest BCUT2D eigenvalue weighted by Gasteiger charge is -2.11. The van der Waals surface area contributed by atoms with Gasteiger partial charge in [-0.05, 0) is 53.2 Å². The predicted molar refractivity (Wildman–Crippen MR) is 85.5 cm³/mol. The minimum absolute atomic E-state index is 0.225. The molecular formula is C14H13BrClN3O. The molecule has 0 radical (unpaired) electrons. The highest BCUT2D eigenvalue weighted by atomic mass is 79.9. The van der Waals surface area contributed by atoms with Crippen LogP contribution in [0, 0.1) is 0 Å². The average Bonchev–Trinajstić information content (AvgIpc) is 2.43. The van der Waals surface area contributed by atoms with Crippen molar-refractivity contribution in [1.29, 1.82) is 0 Å². The van der Waals surface area contributed by atoms with Gasteiger partial charge in [-0.1, -0.05) is 11.6 Å². The SMILES string of the molecule is CCNc1ncccc1C(=O)Nc1ccc(Cl)cc1Br. The summed E-state index contributed by atoms with van der Waals surface area (Å²) in [6.07, 6.45) is 1.65. The number of nitrogens with one attached hydrogen (secondary N) is 2. The van der Waals surface area contributed by atoms with Gasteiger partial charge in [-0.2, -0.15) is 0 Å². The van der Waals surface area contributed by atoms with Crippen molar-refractivity contribution in [2.45, 2.75) is 6.92 Å². The molecule has 0 aliphatic heterocycles. The van der Waals surface area contributed by atoms with Crippen LogP contribution in [0.5, 0.6) is 0 Å². The summed E-state index contributed by atoms with van der Waals surface area (Å²) in [4.78, 5) is 16.5. The van der Waals surface area contributed by atoms with Crippen molar-refractivity contribution in [3.05, 3.63) is 51.6 Å². The van der Waals surface area contributed by atoms with E-state index in [9.17, 15) is 4.79 Å². The second-order valence-electron chi connectivity index (χ2n) is 4.01. The molecule has 1 amide bonds. The highest BCUT2D eigenvalue weighted by molar-refractivity contribution is 9.10. The van der Waals surface area contributed by atoms with Crippen LogP contribution in [-0.4, -0.2) is 17.4 Å². The zero-order chi connectivity index (χ0) is 14.5. The van der Waals surface area contributed by atoms with Gasteiger partial charge in [0, 0.05) is 22.2 Å². The summed E-state index contributed by atoms with van der Waals surface area (Å²) >= 11 is 9.24. The Morgan fingerprint density at radius 3 is 2.90 bits per heavy atom. The number of benzene rings is 1. The van der Waals surface area contributed by atoms with E-state index in [-0.39, 0.29) is 5.91 Å². The van der Waals surface area contributed by atoms with Crippen molar-refractivity contribution < 1.29 is 4.79 Å². The monoisotopic (exact) mass is 353 g/mol. The molecule has 2 N–H and O–H groups in total. The van der Waals surface area contributed by atoms with E-state index in [0.29, 0.717) is 28.6 Å². The predicted octanol–water partition coefficient (Wildman–Crippen LogP) is 4.18. The summed E-state index contributed by atoms with van der Waals surface area (Å²) in [6.45, 7) is 2.65. The number of amides is 1. The van der Waals surface area contributed by atoms with Crippen molar-refractivity contribution in [3.63, 3.8) is 0 Å². The Balaban J connectivity index is 2.24. The number of carbonyl (C=O) groups excluding carboxylic acids is 1. The largest absolute Gasteiger partial charge is 0.370 e. The standard InChI is InChI=1S/C14H13BrClN3O/c1-2-17-13-10(4-3-7-18-13)14(20)19-12-6-5-9(16)8-11(12)15/h3-8H,2H2,1H3,(H,17,18)(H,19,20). The first-order valence-corrected chi connectivity index (χ1v) is 7.24. The Bertz CT molecular complexity index is 634. The summed E-state index contributed by atoms with van der Waals surface area (Å²) in [5.74, 6) is 0.342. The third kappa shape index (κ3) is 3.49. The maximum atomic E-state index is 12.3. The minimum Gasteiger partial charge on any atom is -0.370 e. The Morgan fingerprint density at radius 1 is 1.40 bits per heavy atom. The lowest BCUT2D eigenvalue weighted by atomic mass is 10.2. The summed E-state index contributed by atoms with van der Waals surface area (Å²) in [5.41, 5.74) is 1.15. The third-order valence-electron chi connectivity index (χ3n) is 2.58. The smallest absolute Gasteiger partial charge is 0.259 e. The molecular weight excluding hydrogens is 342 g/mol. The van der Waals surface area contributed by atoms with Gasteiger partial charge in [-0.25, -0.2) is 4.98 Å². The highest BCUT2D eigenvalue weighted by Gasteiger charge is 2.13. The lowest BCUT2D eigenvalue weighted by Crippen LogP contribution is -2.15. The number of nitrogens with zero attached hydrogens (tertiary/aromatic N) is 1. The Hall–Kier alpha value is -1.59.